The number of methoxy groups -OCH3 is 2. The Morgan fingerprint density at radius 2 is 1.87 bits per heavy atom. The molecule has 0 unspecified atom stereocenters. The number of nitrogens with zero attached hydrogens (tertiary/aromatic N) is 3. The van der Waals surface area contributed by atoms with Crippen molar-refractivity contribution in [3.05, 3.63) is 48.3 Å². The first-order valence-electron chi connectivity index (χ1n) is 9.44. The summed E-state index contributed by atoms with van der Waals surface area (Å²) >= 11 is 1.33. The molecule has 1 aliphatic rings. The normalized spacial score (nSPS) is 13.2. The van der Waals surface area contributed by atoms with E-state index < -0.39 is 0 Å². The first-order valence-corrected chi connectivity index (χ1v) is 10.4. The van der Waals surface area contributed by atoms with Gasteiger partial charge >= 0.3 is 0 Å². The van der Waals surface area contributed by atoms with E-state index in [1.54, 1.807) is 44.6 Å². The molecule has 1 saturated carbocycles. The summed E-state index contributed by atoms with van der Waals surface area (Å²) in [6, 6.07) is 11.7. The SMILES string of the molecule is COc1ccc(NC(=O)CSc2nnc(-c3ccc(F)cc3)n2C2CC2)cc1OC. The lowest BCUT2D eigenvalue weighted by Crippen LogP contribution is -2.14. The minimum absolute atomic E-state index is 0.166. The van der Waals surface area contributed by atoms with Gasteiger partial charge in [-0.2, -0.15) is 0 Å². The van der Waals surface area contributed by atoms with Crippen LogP contribution < -0.4 is 14.8 Å². The number of rotatable bonds is 8. The Hall–Kier alpha value is -3.07. The van der Waals surface area contributed by atoms with Gasteiger partial charge in [-0.3, -0.25) is 9.36 Å². The van der Waals surface area contributed by atoms with Crippen LogP contribution in [0.5, 0.6) is 11.5 Å². The van der Waals surface area contributed by atoms with Crippen molar-refractivity contribution >= 4 is 23.4 Å². The molecular formula is C21H21FN4O3S. The molecule has 30 heavy (non-hydrogen) atoms. The second-order valence-electron chi connectivity index (χ2n) is 6.82. The van der Waals surface area contributed by atoms with Gasteiger partial charge < -0.3 is 14.8 Å². The summed E-state index contributed by atoms with van der Waals surface area (Å²) in [6.07, 6.45) is 2.08. The smallest absolute Gasteiger partial charge is 0.234 e. The Kier molecular flexibility index (Phi) is 5.89. The molecule has 1 fully saturated rings. The van der Waals surface area contributed by atoms with Gasteiger partial charge in [-0.15, -0.1) is 10.2 Å². The van der Waals surface area contributed by atoms with Gasteiger partial charge in [-0.1, -0.05) is 11.8 Å². The molecule has 1 aromatic heterocycles. The number of nitrogens with one attached hydrogen (secondary N) is 1. The van der Waals surface area contributed by atoms with E-state index in [1.807, 2.05) is 4.57 Å². The lowest BCUT2D eigenvalue weighted by molar-refractivity contribution is -0.113. The number of thioether (sulfide) groups is 1. The fourth-order valence-corrected chi connectivity index (χ4v) is 3.88. The summed E-state index contributed by atoms with van der Waals surface area (Å²) in [6.45, 7) is 0. The number of carbonyl (C=O) groups excluding carboxylic acids is 1. The van der Waals surface area contributed by atoms with Gasteiger partial charge in [-0.05, 0) is 49.2 Å². The maximum absolute atomic E-state index is 13.3. The number of anilines is 1. The van der Waals surface area contributed by atoms with Crippen molar-refractivity contribution in [2.24, 2.45) is 0 Å². The summed E-state index contributed by atoms with van der Waals surface area (Å²) < 4.78 is 25.8. The molecule has 9 heteroatoms. The highest BCUT2D eigenvalue weighted by molar-refractivity contribution is 7.99. The Morgan fingerprint density at radius 3 is 2.53 bits per heavy atom. The molecule has 1 heterocycles. The lowest BCUT2D eigenvalue weighted by atomic mass is 10.2. The van der Waals surface area contributed by atoms with Gasteiger partial charge in [0.2, 0.25) is 5.91 Å². The molecule has 7 nitrogen and oxygen atoms in total. The number of hydrogen-bond acceptors (Lipinski definition) is 6. The van der Waals surface area contributed by atoms with Crippen LogP contribution in [0.1, 0.15) is 18.9 Å². The van der Waals surface area contributed by atoms with E-state index in [0.29, 0.717) is 34.2 Å². The van der Waals surface area contributed by atoms with Gasteiger partial charge in [0.1, 0.15) is 5.82 Å². The van der Waals surface area contributed by atoms with Crippen LogP contribution in [0.4, 0.5) is 10.1 Å². The van der Waals surface area contributed by atoms with Crippen molar-refractivity contribution in [2.75, 3.05) is 25.3 Å². The zero-order valence-corrected chi connectivity index (χ0v) is 17.4. The van der Waals surface area contributed by atoms with E-state index in [-0.39, 0.29) is 17.5 Å². The maximum Gasteiger partial charge on any atom is 0.234 e. The average Bonchev–Trinajstić information content (AvgIpc) is 3.51. The Morgan fingerprint density at radius 1 is 1.13 bits per heavy atom. The third-order valence-corrected chi connectivity index (χ3v) is 5.62. The zero-order chi connectivity index (χ0) is 21.1. The first kappa shape index (κ1) is 20.2. The largest absolute Gasteiger partial charge is 0.493 e. The standard InChI is InChI=1S/C21H21FN4O3S/c1-28-17-10-7-15(11-18(17)29-2)23-19(27)12-30-21-25-24-20(26(21)16-8-9-16)13-3-5-14(22)6-4-13/h3-7,10-11,16H,8-9,12H2,1-2H3,(H,23,27). The highest BCUT2D eigenvalue weighted by Crippen LogP contribution is 2.41. The number of halogens is 1. The molecule has 156 valence electrons. The molecule has 0 saturated heterocycles. The molecule has 0 atom stereocenters. The second kappa shape index (κ2) is 8.74. The van der Waals surface area contributed by atoms with Gasteiger partial charge in [0.15, 0.2) is 22.5 Å². The van der Waals surface area contributed by atoms with Crippen LogP contribution in [0.15, 0.2) is 47.6 Å². The highest BCUT2D eigenvalue weighted by atomic mass is 32.2. The number of hydrogen-bond donors (Lipinski definition) is 1. The first-order chi connectivity index (χ1) is 14.6. The van der Waals surface area contributed by atoms with Crippen molar-refractivity contribution in [2.45, 2.75) is 24.0 Å². The van der Waals surface area contributed by atoms with Crippen molar-refractivity contribution in [1.29, 1.82) is 0 Å². The van der Waals surface area contributed by atoms with E-state index in [4.69, 9.17) is 9.47 Å². The van der Waals surface area contributed by atoms with Crippen LogP contribution in [-0.2, 0) is 4.79 Å². The molecule has 1 aliphatic carbocycles. The van der Waals surface area contributed by atoms with Crippen molar-refractivity contribution in [1.82, 2.24) is 14.8 Å². The summed E-state index contributed by atoms with van der Waals surface area (Å²) in [5, 5.41) is 12.1. The fourth-order valence-electron chi connectivity index (χ4n) is 3.07. The molecule has 3 aromatic rings. The average molecular weight is 428 g/mol. The number of benzene rings is 2. The molecule has 1 amide bonds. The number of aromatic nitrogens is 3. The summed E-state index contributed by atoms with van der Waals surface area (Å²) in [7, 11) is 3.10. The van der Waals surface area contributed by atoms with Crippen molar-refractivity contribution in [3.63, 3.8) is 0 Å². The van der Waals surface area contributed by atoms with Gasteiger partial charge in [0.05, 0.1) is 20.0 Å². The van der Waals surface area contributed by atoms with Crippen LogP contribution in [-0.4, -0.2) is 40.6 Å². The Labute approximate surface area is 177 Å². The molecule has 0 spiro atoms. The van der Waals surface area contributed by atoms with Crippen LogP contribution in [0.2, 0.25) is 0 Å². The van der Waals surface area contributed by atoms with Crippen LogP contribution in [0.25, 0.3) is 11.4 Å². The predicted octanol–water partition coefficient (Wildman–Crippen LogP) is 4.17. The van der Waals surface area contributed by atoms with Crippen LogP contribution in [0, 0.1) is 5.82 Å². The quantitative estimate of drug-likeness (QED) is 0.543. The van der Waals surface area contributed by atoms with E-state index in [1.165, 1.54) is 23.9 Å². The van der Waals surface area contributed by atoms with Crippen molar-refractivity contribution < 1.29 is 18.7 Å². The fraction of sp³-hybridized carbons (Fsp3) is 0.286. The Balaban J connectivity index is 1.45. The zero-order valence-electron chi connectivity index (χ0n) is 16.6. The van der Waals surface area contributed by atoms with E-state index in [9.17, 15) is 9.18 Å². The minimum atomic E-state index is -0.294. The van der Waals surface area contributed by atoms with Crippen molar-refractivity contribution in [3.8, 4) is 22.9 Å². The second-order valence-corrected chi connectivity index (χ2v) is 7.76. The van der Waals surface area contributed by atoms with E-state index in [2.05, 4.69) is 15.5 Å². The molecule has 2 aromatic carbocycles. The van der Waals surface area contributed by atoms with E-state index >= 15 is 0 Å². The summed E-state index contributed by atoms with van der Waals surface area (Å²) in [4.78, 5) is 12.4. The van der Waals surface area contributed by atoms with E-state index in [0.717, 1.165) is 18.4 Å². The third kappa shape index (κ3) is 4.40. The minimum Gasteiger partial charge on any atom is -0.493 e. The number of carbonyl (C=O) groups is 1. The molecule has 1 N–H and O–H groups in total. The highest BCUT2D eigenvalue weighted by Gasteiger charge is 2.30. The molecule has 4 rings (SSSR count). The van der Waals surface area contributed by atoms with Crippen LogP contribution >= 0.6 is 11.8 Å². The van der Waals surface area contributed by atoms with Gasteiger partial charge in [0, 0.05) is 23.4 Å². The predicted molar refractivity (Wildman–Crippen MR) is 113 cm³/mol. The maximum atomic E-state index is 13.3. The topological polar surface area (TPSA) is 78.3 Å². The molecule has 0 aliphatic heterocycles. The summed E-state index contributed by atoms with van der Waals surface area (Å²) in [5.41, 5.74) is 1.42. The summed E-state index contributed by atoms with van der Waals surface area (Å²) in [5.74, 6) is 1.55. The monoisotopic (exact) mass is 428 g/mol. The van der Waals surface area contributed by atoms with Gasteiger partial charge in [-0.25, -0.2) is 4.39 Å². The van der Waals surface area contributed by atoms with Crippen LogP contribution in [0.3, 0.4) is 0 Å². The molecule has 0 radical (unpaired) electrons. The van der Waals surface area contributed by atoms with Gasteiger partial charge in [0.25, 0.3) is 0 Å². The molecule has 0 bridgehead atoms. The number of amides is 1. The third-order valence-electron chi connectivity index (χ3n) is 4.68. The number of ether oxygens (including phenoxy) is 2. The Bertz CT molecular complexity index is 1050. The lowest BCUT2D eigenvalue weighted by Gasteiger charge is -2.11. The molecular weight excluding hydrogens is 407 g/mol.